The summed E-state index contributed by atoms with van der Waals surface area (Å²) in [7, 11) is 0. The number of halogens is 1. The summed E-state index contributed by atoms with van der Waals surface area (Å²) in [5.41, 5.74) is -4.61. The first-order chi connectivity index (χ1) is 14.9. The summed E-state index contributed by atoms with van der Waals surface area (Å²) < 4.78 is 23.2. The molecule has 0 aromatic heterocycles. The zero-order valence-corrected chi connectivity index (χ0v) is 20.3. The van der Waals surface area contributed by atoms with Gasteiger partial charge in [0.2, 0.25) is 5.12 Å². The van der Waals surface area contributed by atoms with E-state index < -0.39 is 40.1 Å². The van der Waals surface area contributed by atoms with Crippen molar-refractivity contribution in [2.24, 2.45) is 28.6 Å². The summed E-state index contributed by atoms with van der Waals surface area (Å²) in [6, 6.07) is 0. The van der Waals surface area contributed by atoms with Gasteiger partial charge in [0.1, 0.15) is 0 Å². The molecule has 3 fully saturated rings. The fourth-order valence-corrected chi connectivity index (χ4v) is 8.41. The second kappa shape index (κ2) is 7.52. The highest BCUT2D eigenvalue weighted by molar-refractivity contribution is 8.13. The molecule has 1 N–H and O–H groups in total. The molecule has 0 aliphatic heterocycles. The highest BCUT2D eigenvalue weighted by Gasteiger charge is 2.77. The third kappa shape index (κ3) is 2.70. The largest absolute Gasteiger partial charge is 0.449 e. The lowest BCUT2D eigenvalue weighted by Crippen LogP contribution is -2.69. The number of ketones is 1. The lowest BCUT2D eigenvalue weighted by atomic mass is 9.45. The predicted octanol–water partition coefficient (Wildman–Crippen LogP) is 4.18. The van der Waals surface area contributed by atoms with Crippen molar-refractivity contribution in [1.82, 2.24) is 0 Å². The van der Waals surface area contributed by atoms with Gasteiger partial charge >= 0.3 is 5.97 Å². The lowest BCUT2D eigenvalue weighted by molar-refractivity contribution is -0.225. The molecule has 8 atom stereocenters. The molecule has 0 saturated heterocycles. The highest BCUT2D eigenvalue weighted by Crippen LogP contribution is 2.71. The van der Waals surface area contributed by atoms with Gasteiger partial charge in [0.15, 0.2) is 17.1 Å². The molecule has 0 unspecified atom stereocenters. The minimum atomic E-state index is -1.97. The number of thioether (sulfide) groups is 1. The van der Waals surface area contributed by atoms with Crippen LogP contribution in [-0.4, -0.2) is 45.6 Å². The quantitative estimate of drug-likeness (QED) is 0.631. The van der Waals surface area contributed by atoms with E-state index >= 15 is 4.39 Å². The molecule has 4 aliphatic carbocycles. The van der Waals surface area contributed by atoms with Crippen LogP contribution in [0.1, 0.15) is 59.8 Å². The predicted molar refractivity (Wildman–Crippen MR) is 121 cm³/mol. The van der Waals surface area contributed by atoms with Crippen molar-refractivity contribution in [3.8, 4) is 0 Å². The first-order valence-electron chi connectivity index (χ1n) is 11.5. The van der Waals surface area contributed by atoms with Gasteiger partial charge in [0.25, 0.3) is 0 Å². The number of carbonyl (C=O) groups excluding carboxylic acids is 3. The van der Waals surface area contributed by atoms with Gasteiger partial charge in [-0.15, -0.1) is 0 Å². The average molecular weight is 465 g/mol. The SMILES string of the molecule is CCC(=O)O[C@]1(C(=O)SC)[C@@H](C)C[C@H]2[C@@H]3CCC4=CC(=O)C=C[C@]4(C)[C@@]3(F)[C@@H](O)C[C@@]21C. The first-order valence-corrected chi connectivity index (χ1v) is 12.8. The maximum Gasteiger partial charge on any atom is 0.306 e. The van der Waals surface area contributed by atoms with Gasteiger partial charge in [-0.1, -0.05) is 44.2 Å². The summed E-state index contributed by atoms with van der Waals surface area (Å²) in [4.78, 5) is 37.8. The Morgan fingerprint density at radius 2 is 2.00 bits per heavy atom. The first kappa shape index (κ1) is 23.7. The summed E-state index contributed by atoms with van der Waals surface area (Å²) in [6.07, 6.45) is 6.59. The van der Waals surface area contributed by atoms with Gasteiger partial charge in [-0.3, -0.25) is 14.4 Å². The Hall–Kier alpha value is -1.47. The smallest absolute Gasteiger partial charge is 0.306 e. The molecule has 0 aromatic rings. The van der Waals surface area contributed by atoms with Gasteiger partial charge in [-0.05, 0) is 56.9 Å². The van der Waals surface area contributed by atoms with Gasteiger partial charge in [-0.2, -0.15) is 0 Å². The van der Waals surface area contributed by atoms with E-state index in [4.69, 9.17) is 4.74 Å². The number of esters is 1. The van der Waals surface area contributed by atoms with E-state index in [1.165, 1.54) is 12.2 Å². The van der Waals surface area contributed by atoms with Gasteiger partial charge in [-0.25, -0.2) is 4.39 Å². The Morgan fingerprint density at radius 1 is 1.31 bits per heavy atom. The molecule has 0 radical (unpaired) electrons. The Labute approximate surface area is 193 Å². The standard InChI is InChI=1S/C25H33FO5S/c1-6-20(29)31-25(21(30)32-5)14(2)11-18-17-8-7-15-12-16(27)9-10-22(15,3)24(17,26)19(28)13-23(18,25)4/h9-10,12,14,17-19,28H,6-8,11,13H2,1-5H3/t14-,17-,18-,19-,22-,23-,24-,25-/m0/s1. The second-order valence-corrected chi connectivity index (χ2v) is 11.2. The van der Waals surface area contributed by atoms with Crippen LogP contribution in [0, 0.1) is 28.6 Å². The molecule has 0 amide bonds. The van der Waals surface area contributed by atoms with Crippen LogP contribution in [-0.2, 0) is 19.1 Å². The summed E-state index contributed by atoms with van der Waals surface area (Å²) >= 11 is 1.03. The number of hydrogen-bond donors (Lipinski definition) is 1. The van der Waals surface area contributed by atoms with Crippen molar-refractivity contribution < 1.29 is 28.6 Å². The Balaban J connectivity index is 1.85. The van der Waals surface area contributed by atoms with Crippen molar-refractivity contribution in [2.45, 2.75) is 77.2 Å². The number of allylic oxidation sites excluding steroid dienone is 4. The summed E-state index contributed by atoms with van der Waals surface area (Å²) in [5, 5.41) is 11.2. The minimum Gasteiger partial charge on any atom is -0.449 e. The normalized spacial score (nSPS) is 47.2. The van der Waals surface area contributed by atoms with Crippen LogP contribution in [0.5, 0.6) is 0 Å². The van der Waals surface area contributed by atoms with E-state index in [-0.39, 0.29) is 35.6 Å². The van der Waals surface area contributed by atoms with Crippen molar-refractivity contribution in [3.05, 3.63) is 23.8 Å². The van der Waals surface area contributed by atoms with Gasteiger partial charge in [0, 0.05) is 29.1 Å². The third-order valence-corrected chi connectivity index (χ3v) is 9.91. The van der Waals surface area contributed by atoms with E-state index in [1.807, 2.05) is 13.8 Å². The van der Waals surface area contributed by atoms with Crippen molar-refractivity contribution in [2.75, 3.05) is 6.26 Å². The van der Waals surface area contributed by atoms with E-state index in [0.29, 0.717) is 19.3 Å². The third-order valence-electron chi connectivity index (χ3n) is 9.23. The molecule has 176 valence electrons. The van der Waals surface area contributed by atoms with Crippen molar-refractivity contribution in [1.29, 1.82) is 0 Å². The van der Waals surface area contributed by atoms with E-state index in [9.17, 15) is 19.5 Å². The summed E-state index contributed by atoms with van der Waals surface area (Å²) in [6.45, 7) is 7.26. The number of rotatable bonds is 3. The highest BCUT2D eigenvalue weighted by atomic mass is 32.2. The fraction of sp³-hybridized carbons (Fsp3) is 0.720. The summed E-state index contributed by atoms with van der Waals surface area (Å²) in [5.74, 6) is -1.66. The van der Waals surface area contributed by atoms with E-state index in [0.717, 1.165) is 17.3 Å². The average Bonchev–Trinajstić information content (AvgIpc) is 2.96. The van der Waals surface area contributed by atoms with Gasteiger partial charge in [0.05, 0.1) is 6.10 Å². The number of hydrogen-bond acceptors (Lipinski definition) is 6. The number of aliphatic hydroxyl groups is 1. The molecule has 0 bridgehead atoms. The molecule has 4 aliphatic rings. The molecule has 4 rings (SSSR count). The van der Waals surface area contributed by atoms with Crippen molar-refractivity contribution >= 4 is 28.6 Å². The maximum atomic E-state index is 17.2. The van der Waals surface area contributed by atoms with Crippen LogP contribution in [0.25, 0.3) is 0 Å². The molecule has 32 heavy (non-hydrogen) atoms. The zero-order valence-electron chi connectivity index (χ0n) is 19.4. The Bertz CT molecular complexity index is 929. The molecule has 0 heterocycles. The van der Waals surface area contributed by atoms with E-state index in [1.54, 1.807) is 26.2 Å². The van der Waals surface area contributed by atoms with Crippen LogP contribution in [0.4, 0.5) is 4.39 Å². The van der Waals surface area contributed by atoms with Crippen LogP contribution in [0.15, 0.2) is 23.8 Å². The second-order valence-electron chi connectivity index (χ2n) is 10.5. The van der Waals surface area contributed by atoms with Crippen LogP contribution in [0.3, 0.4) is 0 Å². The molecule has 3 saturated carbocycles. The minimum absolute atomic E-state index is 0.0168. The van der Waals surface area contributed by atoms with E-state index in [2.05, 4.69) is 0 Å². The maximum absolute atomic E-state index is 17.2. The number of ether oxygens (including phenoxy) is 1. The molecule has 0 aromatic carbocycles. The van der Waals surface area contributed by atoms with Crippen molar-refractivity contribution in [3.63, 3.8) is 0 Å². The van der Waals surface area contributed by atoms with Crippen LogP contribution in [0.2, 0.25) is 0 Å². The molecule has 7 heteroatoms. The lowest BCUT2D eigenvalue weighted by Gasteiger charge is -2.62. The molecule has 0 spiro atoms. The number of alkyl halides is 1. The number of aliphatic hydroxyl groups excluding tert-OH is 1. The number of carbonyl (C=O) groups is 3. The van der Waals surface area contributed by atoms with Crippen LogP contribution < -0.4 is 0 Å². The molecular formula is C25H33FO5S. The zero-order chi connectivity index (χ0) is 23.7. The number of fused-ring (bicyclic) bond motifs is 5. The molecule has 5 nitrogen and oxygen atoms in total. The van der Waals surface area contributed by atoms with Crippen LogP contribution >= 0.6 is 11.8 Å². The molecular weight excluding hydrogens is 431 g/mol. The van der Waals surface area contributed by atoms with Gasteiger partial charge < -0.3 is 9.84 Å². The topological polar surface area (TPSA) is 80.7 Å². The Morgan fingerprint density at radius 3 is 2.62 bits per heavy atom. The Kier molecular flexibility index (Phi) is 5.57. The monoisotopic (exact) mass is 464 g/mol. The fourth-order valence-electron chi connectivity index (χ4n) is 7.63.